The van der Waals surface area contributed by atoms with Crippen LogP contribution in [0, 0.1) is 5.82 Å². The van der Waals surface area contributed by atoms with Gasteiger partial charge in [-0.1, -0.05) is 12.1 Å². The monoisotopic (exact) mass is 245 g/mol. The van der Waals surface area contributed by atoms with E-state index >= 15 is 0 Å². The molecule has 0 saturated carbocycles. The van der Waals surface area contributed by atoms with Crippen molar-refractivity contribution >= 4 is 10.0 Å². The molecule has 0 N–H and O–H groups in total. The molecule has 0 spiro atoms. The minimum Gasteiger partial charge on any atom is -0.212 e. The molecule has 0 heterocycles. The highest BCUT2D eigenvalue weighted by Crippen LogP contribution is 2.11. The molecule has 0 aliphatic heterocycles. The Kier molecular flexibility index (Phi) is 4.04. The highest BCUT2D eigenvalue weighted by Gasteiger charge is 2.21. The fourth-order valence-electron chi connectivity index (χ4n) is 1.30. The zero-order valence-electron chi connectivity index (χ0n) is 9.64. The van der Waals surface area contributed by atoms with Gasteiger partial charge in [0.1, 0.15) is 5.82 Å². The molecule has 0 aliphatic rings. The Morgan fingerprint density at radius 2 is 1.75 bits per heavy atom. The molecule has 0 fully saturated rings. The smallest absolute Gasteiger partial charge is 0.212 e. The molecule has 1 aromatic rings. The van der Waals surface area contributed by atoms with E-state index in [1.165, 1.54) is 23.5 Å². The normalized spacial score (nSPS) is 12.4. The molecule has 0 amide bonds. The number of rotatable bonds is 4. The molecule has 0 aromatic heterocycles. The first-order valence-corrected chi connectivity index (χ1v) is 6.54. The van der Waals surface area contributed by atoms with Crippen LogP contribution in [-0.4, -0.2) is 25.0 Å². The van der Waals surface area contributed by atoms with Crippen LogP contribution in [0.4, 0.5) is 4.39 Å². The number of benzene rings is 1. The first-order valence-electron chi connectivity index (χ1n) is 5.03. The Bertz CT molecular complexity index is 440. The fraction of sp³-hybridized carbons (Fsp3) is 0.455. The third kappa shape index (κ3) is 3.02. The molecule has 16 heavy (non-hydrogen) atoms. The average molecular weight is 245 g/mol. The average Bonchev–Trinajstić information content (AvgIpc) is 2.21. The molecule has 1 rings (SSSR count). The summed E-state index contributed by atoms with van der Waals surface area (Å²) in [5, 5.41) is -0.446. The van der Waals surface area contributed by atoms with Gasteiger partial charge in [0.05, 0.1) is 5.25 Å². The first-order chi connectivity index (χ1) is 7.34. The van der Waals surface area contributed by atoms with Crippen LogP contribution in [0.1, 0.15) is 19.4 Å². The Hall–Kier alpha value is -0.940. The molecule has 0 radical (unpaired) electrons. The second-order valence-corrected chi connectivity index (χ2v) is 6.57. The maximum atomic E-state index is 12.7. The van der Waals surface area contributed by atoms with Gasteiger partial charge in [-0.2, -0.15) is 0 Å². The number of nitrogens with zero attached hydrogens (tertiary/aromatic N) is 1. The predicted octanol–water partition coefficient (Wildman–Crippen LogP) is 2.00. The van der Waals surface area contributed by atoms with Crippen molar-refractivity contribution in [3.63, 3.8) is 0 Å². The molecule has 0 bridgehead atoms. The predicted molar refractivity (Wildman–Crippen MR) is 61.9 cm³/mol. The number of halogens is 1. The van der Waals surface area contributed by atoms with E-state index in [-0.39, 0.29) is 12.4 Å². The minimum absolute atomic E-state index is 0.265. The van der Waals surface area contributed by atoms with E-state index < -0.39 is 15.3 Å². The highest BCUT2D eigenvalue weighted by molar-refractivity contribution is 7.89. The van der Waals surface area contributed by atoms with Crippen LogP contribution in [-0.2, 0) is 16.6 Å². The Morgan fingerprint density at radius 1 is 1.25 bits per heavy atom. The van der Waals surface area contributed by atoms with Crippen LogP contribution < -0.4 is 0 Å². The van der Waals surface area contributed by atoms with Gasteiger partial charge >= 0.3 is 0 Å². The van der Waals surface area contributed by atoms with Gasteiger partial charge in [-0.25, -0.2) is 17.1 Å². The van der Waals surface area contributed by atoms with Crippen LogP contribution in [0.5, 0.6) is 0 Å². The molecule has 0 saturated heterocycles. The van der Waals surface area contributed by atoms with Crippen LogP contribution in [0.3, 0.4) is 0 Å². The van der Waals surface area contributed by atoms with Crippen molar-refractivity contribution in [1.29, 1.82) is 0 Å². The second kappa shape index (κ2) is 4.93. The maximum absolute atomic E-state index is 12.7. The van der Waals surface area contributed by atoms with Crippen molar-refractivity contribution in [2.24, 2.45) is 0 Å². The van der Waals surface area contributed by atoms with Gasteiger partial charge < -0.3 is 0 Å². The third-order valence-corrected chi connectivity index (χ3v) is 4.54. The zero-order chi connectivity index (χ0) is 12.3. The maximum Gasteiger partial charge on any atom is 0.216 e. The van der Waals surface area contributed by atoms with Crippen LogP contribution in [0.25, 0.3) is 0 Å². The number of hydrogen-bond acceptors (Lipinski definition) is 2. The molecular weight excluding hydrogens is 229 g/mol. The summed E-state index contributed by atoms with van der Waals surface area (Å²) in [7, 11) is -1.72. The lowest BCUT2D eigenvalue weighted by atomic mass is 10.2. The SMILES string of the molecule is CC(C)S(=O)(=O)N(C)Cc1ccc(F)cc1. The molecule has 90 valence electrons. The molecule has 3 nitrogen and oxygen atoms in total. The largest absolute Gasteiger partial charge is 0.216 e. The molecule has 0 aliphatic carbocycles. The van der Waals surface area contributed by atoms with Gasteiger partial charge in [0.2, 0.25) is 10.0 Å². The van der Waals surface area contributed by atoms with E-state index in [2.05, 4.69) is 0 Å². The molecule has 5 heteroatoms. The minimum atomic E-state index is -3.25. The first kappa shape index (κ1) is 13.1. The van der Waals surface area contributed by atoms with E-state index in [1.54, 1.807) is 26.0 Å². The summed E-state index contributed by atoms with van der Waals surface area (Å²) in [6, 6.07) is 5.82. The van der Waals surface area contributed by atoms with Gasteiger partial charge in [-0.05, 0) is 31.5 Å². The highest BCUT2D eigenvalue weighted by atomic mass is 32.2. The summed E-state index contributed by atoms with van der Waals surface area (Å²) < 4.78 is 37.4. The van der Waals surface area contributed by atoms with E-state index in [4.69, 9.17) is 0 Å². The fourth-order valence-corrected chi connectivity index (χ4v) is 2.35. The number of hydrogen-bond donors (Lipinski definition) is 0. The van der Waals surface area contributed by atoms with Crippen LogP contribution >= 0.6 is 0 Å². The molecule has 0 unspecified atom stereocenters. The molecule has 0 atom stereocenters. The lowest BCUT2D eigenvalue weighted by Gasteiger charge is -2.19. The number of sulfonamides is 1. The summed E-state index contributed by atoms with van der Waals surface area (Å²) in [5.74, 6) is -0.321. The Balaban J connectivity index is 2.79. The van der Waals surface area contributed by atoms with Crippen molar-refractivity contribution in [3.8, 4) is 0 Å². The van der Waals surface area contributed by atoms with E-state index in [9.17, 15) is 12.8 Å². The van der Waals surface area contributed by atoms with Crippen LogP contribution in [0.15, 0.2) is 24.3 Å². The zero-order valence-corrected chi connectivity index (χ0v) is 10.5. The van der Waals surface area contributed by atoms with Gasteiger partial charge in [0, 0.05) is 13.6 Å². The standard InChI is InChI=1S/C11H16FNO2S/c1-9(2)16(14,15)13(3)8-10-4-6-11(12)7-5-10/h4-7,9H,8H2,1-3H3. The quantitative estimate of drug-likeness (QED) is 0.813. The summed E-state index contributed by atoms with van der Waals surface area (Å²) in [5.41, 5.74) is 0.771. The molecule has 1 aromatic carbocycles. The van der Waals surface area contributed by atoms with Crippen molar-refractivity contribution in [2.45, 2.75) is 25.6 Å². The van der Waals surface area contributed by atoms with Gasteiger partial charge in [0.25, 0.3) is 0 Å². The lowest BCUT2D eigenvalue weighted by molar-refractivity contribution is 0.459. The van der Waals surface area contributed by atoms with Crippen molar-refractivity contribution < 1.29 is 12.8 Å². The van der Waals surface area contributed by atoms with Crippen molar-refractivity contribution in [1.82, 2.24) is 4.31 Å². The van der Waals surface area contributed by atoms with Gasteiger partial charge in [-0.15, -0.1) is 0 Å². The van der Waals surface area contributed by atoms with Crippen molar-refractivity contribution in [3.05, 3.63) is 35.6 Å². The summed E-state index contributed by atoms with van der Waals surface area (Å²) in [6.45, 7) is 3.54. The van der Waals surface area contributed by atoms with Gasteiger partial charge in [-0.3, -0.25) is 0 Å². The van der Waals surface area contributed by atoms with E-state index in [0.29, 0.717) is 0 Å². The Labute approximate surface area is 95.9 Å². The lowest BCUT2D eigenvalue weighted by Crippen LogP contribution is -2.32. The third-order valence-electron chi connectivity index (χ3n) is 2.35. The van der Waals surface area contributed by atoms with E-state index in [0.717, 1.165) is 5.56 Å². The Morgan fingerprint density at radius 3 is 2.19 bits per heavy atom. The van der Waals surface area contributed by atoms with Gasteiger partial charge in [0.15, 0.2) is 0 Å². The van der Waals surface area contributed by atoms with Crippen molar-refractivity contribution in [2.75, 3.05) is 7.05 Å². The summed E-state index contributed by atoms with van der Waals surface area (Å²) in [6.07, 6.45) is 0. The molecular formula is C11H16FNO2S. The second-order valence-electron chi connectivity index (χ2n) is 3.98. The van der Waals surface area contributed by atoms with E-state index in [1.807, 2.05) is 0 Å². The summed E-state index contributed by atoms with van der Waals surface area (Å²) in [4.78, 5) is 0. The topological polar surface area (TPSA) is 37.4 Å². The van der Waals surface area contributed by atoms with Crippen LogP contribution in [0.2, 0.25) is 0 Å². The summed E-state index contributed by atoms with van der Waals surface area (Å²) >= 11 is 0.